The van der Waals surface area contributed by atoms with Gasteiger partial charge in [-0.3, -0.25) is 4.98 Å². The number of hydrogen-bond donors (Lipinski definition) is 3. The molecule has 0 spiro atoms. The minimum Gasteiger partial charge on any atom is -0.478 e. The van der Waals surface area contributed by atoms with Gasteiger partial charge in [0.05, 0.1) is 16.1 Å². The predicted molar refractivity (Wildman–Crippen MR) is 128 cm³/mol. The second-order valence-electron chi connectivity index (χ2n) is 7.42. The Hall–Kier alpha value is -4.37. The third-order valence-corrected chi connectivity index (χ3v) is 5.45. The maximum atomic E-state index is 13.6. The fourth-order valence-corrected chi connectivity index (χ4v) is 3.66. The Morgan fingerprint density at radius 1 is 1.03 bits per heavy atom. The number of pyridine rings is 2. The van der Waals surface area contributed by atoms with E-state index in [1.54, 1.807) is 24.7 Å². The van der Waals surface area contributed by atoms with Gasteiger partial charge in [0.25, 0.3) is 0 Å². The molecule has 0 aliphatic rings. The van der Waals surface area contributed by atoms with Crippen LogP contribution >= 0.6 is 11.6 Å². The van der Waals surface area contributed by atoms with E-state index in [1.807, 2.05) is 12.1 Å². The molecule has 2 aromatic carbocycles. The summed E-state index contributed by atoms with van der Waals surface area (Å²) in [7, 11) is 0. The summed E-state index contributed by atoms with van der Waals surface area (Å²) < 4.78 is 13.6. The van der Waals surface area contributed by atoms with Gasteiger partial charge < -0.3 is 15.7 Å². The highest BCUT2D eigenvalue weighted by Crippen LogP contribution is 2.31. The molecule has 0 unspecified atom stereocenters. The van der Waals surface area contributed by atoms with Crippen molar-refractivity contribution >= 4 is 56.8 Å². The topological polar surface area (TPSA) is 113 Å². The van der Waals surface area contributed by atoms with Crippen LogP contribution in [0, 0.1) is 5.82 Å². The highest BCUT2D eigenvalue weighted by atomic mass is 35.5. The Morgan fingerprint density at radius 2 is 1.85 bits per heavy atom. The van der Waals surface area contributed by atoms with E-state index in [9.17, 15) is 14.3 Å². The number of nitrogens with one attached hydrogen (secondary N) is 2. The number of anilines is 3. The van der Waals surface area contributed by atoms with Crippen LogP contribution in [0.3, 0.4) is 0 Å². The van der Waals surface area contributed by atoms with Crippen molar-refractivity contribution in [2.45, 2.75) is 6.54 Å². The number of carboxylic acids is 1. The molecule has 0 bridgehead atoms. The van der Waals surface area contributed by atoms with Crippen LogP contribution in [0.15, 0.2) is 67.1 Å². The molecule has 8 nitrogen and oxygen atoms in total. The van der Waals surface area contributed by atoms with Crippen LogP contribution in [0.1, 0.15) is 15.9 Å². The summed E-state index contributed by atoms with van der Waals surface area (Å²) in [6, 6.07) is 12.6. The lowest BCUT2D eigenvalue weighted by Crippen LogP contribution is -2.05. The van der Waals surface area contributed by atoms with Crippen LogP contribution in [-0.4, -0.2) is 31.0 Å². The second-order valence-corrected chi connectivity index (χ2v) is 7.82. The van der Waals surface area contributed by atoms with Gasteiger partial charge in [-0.2, -0.15) is 0 Å². The van der Waals surface area contributed by atoms with Gasteiger partial charge in [-0.25, -0.2) is 24.1 Å². The summed E-state index contributed by atoms with van der Waals surface area (Å²) in [6.07, 6.45) is 5.07. The van der Waals surface area contributed by atoms with Crippen LogP contribution in [0.5, 0.6) is 0 Å². The summed E-state index contributed by atoms with van der Waals surface area (Å²) in [5.74, 6) is -0.870. The predicted octanol–water partition coefficient (Wildman–Crippen LogP) is 5.42. The third-order valence-electron chi connectivity index (χ3n) is 5.16. The number of hydrogen-bond acceptors (Lipinski definition) is 7. The summed E-state index contributed by atoms with van der Waals surface area (Å²) in [4.78, 5) is 29.1. The van der Waals surface area contributed by atoms with Gasteiger partial charge in [-0.1, -0.05) is 17.7 Å². The van der Waals surface area contributed by atoms with Gasteiger partial charge in [-0.05, 0) is 48.0 Å². The monoisotopic (exact) mass is 474 g/mol. The zero-order valence-corrected chi connectivity index (χ0v) is 18.2. The van der Waals surface area contributed by atoms with E-state index in [4.69, 9.17) is 11.6 Å². The molecule has 0 amide bonds. The van der Waals surface area contributed by atoms with Crippen molar-refractivity contribution in [2.24, 2.45) is 0 Å². The smallest absolute Gasteiger partial charge is 0.335 e. The molecule has 0 atom stereocenters. The minimum absolute atomic E-state index is 0.0439. The molecule has 168 valence electrons. The van der Waals surface area contributed by atoms with Crippen LogP contribution in [0.4, 0.5) is 21.8 Å². The number of carbonyl (C=O) groups is 1. The Labute approximate surface area is 197 Å². The molecule has 0 saturated carbocycles. The first-order valence-corrected chi connectivity index (χ1v) is 10.5. The van der Waals surface area contributed by atoms with E-state index < -0.39 is 11.8 Å². The number of nitrogens with zero attached hydrogens (tertiary/aromatic N) is 4. The summed E-state index contributed by atoms with van der Waals surface area (Å²) in [6.45, 7) is 0.493. The second kappa shape index (κ2) is 8.87. The molecule has 0 aliphatic carbocycles. The molecular formula is C24H16ClFN6O2. The van der Waals surface area contributed by atoms with E-state index >= 15 is 0 Å². The molecular weight excluding hydrogens is 459 g/mol. The number of carboxylic acid groups (broad SMARTS) is 1. The number of aromatic carboxylic acids is 1. The van der Waals surface area contributed by atoms with Crippen LogP contribution in [0.2, 0.25) is 5.02 Å². The largest absolute Gasteiger partial charge is 0.478 e. The number of benzene rings is 2. The van der Waals surface area contributed by atoms with E-state index in [0.717, 1.165) is 5.56 Å². The van der Waals surface area contributed by atoms with Crippen LogP contribution in [-0.2, 0) is 6.54 Å². The molecule has 34 heavy (non-hydrogen) atoms. The Kier molecular flexibility index (Phi) is 5.60. The molecule has 0 fully saturated rings. The molecule has 0 saturated heterocycles. The van der Waals surface area contributed by atoms with Crippen molar-refractivity contribution in [3.63, 3.8) is 0 Å². The molecule has 0 radical (unpaired) electrons. The fraction of sp³-hybridized carbons (Fsp3) is 0.0417. The molecule has 3 aromatic heterocycles. The lowest BCUT2D eigenvalue weighted by Gasteiger charge is -2.13. The number of aromatic nitrogens is 4. The average molecular weight is 475 g/mol. The lowest BCUT2D eigenvalue weighted by atomic mass is 10.1. The highest BCUT2D eigenvalue weighted by Gasteiger charge is 2.15. The van der Waals surface area contributed by atoms with Gasteiger partial charge in [0.2, 0.25) is 5.95 Å². The first-order chi connectivity index (χ1) is 16.5. The Balaban J connectivity index is 1.62. The first-order valence-electron chi connectivity index (χ1n) is 10.2. The van der Waals surface area contributed by atoms with Gasteiger partial charge in [0.15, 0.2) is 5.82 Å². The molecule has 10 heteroatoms. The number of fused-ring (bicyclic) bond motifs is 3. The van der Waals surface area contributed by atoms with E-state index in [0.29, 0.717) is 45.8 Å². The maximum Gasteiger partial charge on any atom is 0.335 e. The van der Waals surface area contributed by atoms with Crippen molar-refractivity contribution in [3.05, 3.63) is 89.1 Å². The summed E-state index contributed by atoms with van der Waals surface area (Å²) >= 11 is 5.93. The SMILES string of the molecule is O=C(O)c1ccc2c(c1)nc(Nc1ccc(F)c(Cl)c1)c1nc(NCc3ccncc3)ncc12. The van der Waals surface area contributed by atoms with Gasteiger partial charge in [0.1, 0.15) is 11.3 Å². The quantitative estimate of drug-likeness (QED) is 0.280. The zero-order valence-electron chi connectivity index (χ0n) is 17.5. The van der Waals surface area contributed by atoms with E-state index in [-0.39, 0.29) is 10.6 Å². The molecule has 5 rings (SSSR count). The van der Waals surface area contributed by atoms with Crippen LogP contribution in [0.25, 0.3) is 21.8 Å². The summed E-state index contributed by atoms with van der Waals surface area (Å²) in [5, 5.41) is 17.0. The fourth-order valence-electron chi connectivity index (χ4n) is 3.48. The van der Waals surface area contributed by atoms with Crippen molar-refractivity contribution in [3.8, 4) is 0 Å². The molecule has 5 aromatic rings. The Morgan fingerprint density at radius 3 is 2.62 bits per heavy atom. The number of halogens is 2. The third kappa shape index (κ3) is 4.28. The first kappa shape index (κ1) is 21.5. The van der Waals surface area contributed by atoms with Gasteiger partial charge in [-0.15, -0.1) is 0 Å². The average Bonchev–Trinajstić information content (AvgIpc) is 2.85. The van der Waals surface area contributed by atoms with Crippen molar-refractivity contribution in [2.75, 3.05) is 10.6 Å². The van der Waals surface area contributed by atoms with Crippen molar-refractivity contribution in [1.29, 1.82) is 0 Å². The molecule has 0 aliphatic heterocycles. The lowest BCUT2D eigenvalue weighted by molar-refractivity contribution is 0.0697. The van der Waals surface area contributed by atoms with E-state index in [2.05, 4.69) is 30.6 Å². The Bertz CT molecular complexity index is 1550. The highest BCUT2D eigenvalue weighted by molar-refractivity contribution is 6.31. The zero-order chi connectivity index (χ0) is 23.7. The van der Waals surface area contributed by atoms with Gasteiger partial charge in [0, 0.05) is 41.6 Å². The van der Waals surface area contributed by atoms with Gasteiger partial charge >= 0.3 is 5.97 Å². The minimum atomic E-state index is -1.06. The van der Waals surface area contributed by atoms with E-state index in [1.165, 1.54) is 30.3 Å². The standard InChI is InChI=1S/C24H16ClFN6O2/c25-18-10-15(2-4-19(18)26)30-22-21-17(16-3-1-14(23(33)34)9-20(16)31-22)12-29-24(32-21)28-11-13-5-7-27-8-6-13/h1-10,12H,11H2,(H,30,31)(H,33,34)(H,28,29,32). The maximum absolute atomic E-state index is 13.6. The normalized spacial score (nSPS) is 11.0. The van der Waals surface area contributed by atoms with Crippen molar-refractivity contribution < 1.29 is 14.3 Å². The van der Waals surface area contributed by atoms with Crippen molar-refractivity contribution in [1.82, 2.24) is 19.9 Å². The molecule has 3 heterocycles. The summed E-state index contributed by atoms with van der Waals surface area (Å²) in [5.41, 5.74) is 2.56. The van der Waals surface area contributed by atoms with Crippen LogP contribution < -0.4 is 10.6 Å². The molecule has 3 N–H and O–H groups in total. The number of rotatable bonds is 6.